The highest BCUT2D eigenvalue weighted by atomic mass is 35.5. The highest BCUT2D eigenvalue weighted by molar-refractivity contribution is 6.30. The SMILES string of the molecule is CCC(CO)N1CCN(C(=O)C(C)(C)c2ccc(Cl)cc2)CC1. The first-order valence-corrected chi connectivity index (χ1v) is 8.68. The van der Waals surface area contributed by atoms with E-state index in [1.807, 2.05) is 43.0 Å². The van der Waals surface area contributed by atoms with E-state index in [1.165, 1.54) is 0 Å². The van der Waals surface area contributed by atoms with Crippen molar-refractivity contribution in [1.29, 1.82) is 0 Å². The lowest BCUT2D eigenvalue weighted by molar-refractivity contribution is -0.138. The van der Waals surface area contributed by atoms with Gasteiger partial charge in [-0.15, -0.1) is 0 Å². The summed E-state index contributed by atoms with van der Waals surface area (Å²) in [5, 5.41) is 10.1. The molecule has 1 heterocycles. The van der Waals surface area contributed by atoms with Gasteiger partial charge in [0.25, 0.3) is 0 Å². The van der Waals surface area contributed by atoms with E-state index in [1.54, 1.807) is 0 Å². The Hall–Kier alpha value is -1.10. The number of carbonyl (C=O) groups is 1. The van der Waals surface area contributed by atoms with E-state index in [0.717, 1.165) is 25.1 Å². The summed E-state index contributed by atoms with van der Waals surface area (Å²) in [5.41, 5.74) is 0.421. The summed E-state index contributed by atoms with van der Waals surface area (Å²) in [6.07, 6.45) is 0.931. The highest BCUT2D eigenvalue weighted by Crippen LogP contribution is 2.27. The molecule has 0 aromatic heterocycles. The molecule has 1 atom stereocenters. The van der Waals surface area contributed by atoms with Crippen LogP contribution in [-0.4, -0.2) is 59.6 Å². The second kappa shape index (κ2) is 7.65. The van der Waals surface area contributed by atoms with Gasteiger partial charge in [0, 0.05) is 37.2 Å². The summed E-state index contributed by atoms with van der Waals surface area (Å²) in [6, 6.07) is 7.72. The van der Waals surface area contributed by atoms with Gasteiger partial charge in [-0.05, 0) is 38.0 Å². The minimum Gasteiger partial charge on any atom is -0.395 e. The van der Waals surface area contributed by atoms with E-state index in [2.05, 4.69) is 11.8 Å². The third kappa shape index (κ3) is 4.06. The molecule has 1 saturated heterocycles. The highest BCUT2D eigenvalue weighted by Gasteiger charge is 2.35. The molecule has 2 rings (SSSR count). The Labute approximate surface area is 144 Å². The number of aliphatic hydroxyl groups excluding tert-OH is 1. The number of piperazine rings is 1. The summed E-state index contributed by atoms with van der Waals surface area (Å²) in [7, 11) is 0. The van der Waals surface area contributed by atoms with Crippen LogP contribution in [0.25, 0.3) is 0 Å². The first kappa shape index (κ1) is 18.2. The van der Waals surface area contributed by atoms with E-state index in [9.17, 15) is 9.90 Å². The monoisotopic (exact) mass is 338 g/mol. The number of amides is 1. The molecule has 128 valence electrons. The maximum Gasteiger partial charge on any atom is 0.232 e. The molecule has 0 aliphatic carbocycles. The van der Waals surface area contributed by atoms with E-state index in [4.69, 9.17) is 11.6 Å². The predicted molar refractivity (Wildman–Crippen MR) is 93.8 cm³/mol. The third-order valence-electron chi connectivity index (χ3n) is 4.90. The zero-order valence-corrected chi connectivity index (χ0v) is 15.0. The number of carbonyl (C=O) groups excluding carboxylic acids is 1. The fourth-order valence-electron chi connectivity index (χ4n) is 3.18. The Morgan fingerprint density at radius 3 is 2.26 bits per heavy atom. The second-order valence-electron chi connectivity index (χ2n) is 6.70. The van der Waals surface area contributed by atoms with Gasteiger partial charge in [0.2, 0.25) is 5.91 Å². The molecule has 23 heavy (non-hydrogen) atoms. The molecule has 1 amide bonds. The van der Waals surface area contributed by atoms with Crippen LogP contribution in [0, 0.1) is 0 Å². The molecule has 4 nitrogen and oxygen atoms in total. The quantitative estimate of drug-likeness (QED) is 0.897. The van der Waals surface area contributed by atoms with Crippen LogP contribution < -0.4 is 0 Å². The Bertz CT molecular complexity index is 518. The summed E-state index contributed by atoms with van der Waals surface area (Å²) in [5.74, 6) is 0.150. The molecular formula is C18H27ClN2O2. The van der Waals surface area contributed by atoms with Gasteiger partial charge in [0.05, 0.1) is 12.0 Å². The molecule has 1 aliphatic rings. The van der Waals surface area contributed by atoms with Crippen LogP contribution in [-0.2, 0) is 10.2 Å². The minimum absolute atomic E-state index is 0.150. The molecule has 1 aromatic rings. The maximum absolute atomic E-state index is 12.9. The van der Waals surface area contributed by atoms with Gasteiger partial charge in [-0.2, -0.15) is 0 Å². The molecule has 1 fully saturated rings. The molecule has 0 saturated carbocycles. The number of nitrogens with zero attached hydrogens (tertiary/aromatic N) is 2. The van der Waals surface area contributed by atoms with Crippen molar-refractivity contribution in [2.45, 2.75) is 38.6 Å². The first-order valence-electron chi connectivity index (χ1n) is 8.30. The molecule has 5 heteroatoms. The van der Waals surface area contributed by atoms with Crippen molar-refractivity contribution < 1.29 is 9.90 Å². The summed E-state index contributed by atoms with van der Waals surface area (Å²) in [6.45, 7) is 9.27. The van der Waals surface area contributed by atoms with Gasteiger partial charge in [-0.25, -0.2) is 0 Å². The zero-order valence-electron chi connectivity index (χ0n) is 14.3. The zero-order chi connectivity index (χ0) is 17.0. The fourth-order valence-corrected chi connectivity index (χ4v) is 3.30. The first-order chi connectivity index (χ1) is 10.9. The molecule has 0 radical (unpaired) electrons. The molecule has 0 bridgehead atoms. The normalized spacial score (nSPS) is 18.0. The van der Waals surface area contributed by atoms with Gasteiger partial charge in [0.15, 0.2) is 0 Å². The average molecular weight is 339 g/mol. The molecule has 1 unspecified atom stereocenters. The molecular weight excluding hydrogens is 312 g/mol. The van der Waals surface area contributed by atoms with Gasteiger partial charge in [-0.1, -0.05) is 30.7 Å². The van der Waals surface area contributed by atoms with Crippen LogP contribution in [0.4, 0.5) is 0 Å². The smallest absolute Gasteiger partial charge is 0.232 e. The van der Waals surface area contributed by atoms with Crippen molar-refractivity contribution in [2.24, 2.45) is 0 Å². The lowest BCUT2D eigenvalue weighted by Crippen LogP contribution is -2.55. The summed E-state index contributed by atoms with van der Waals surface area (Å²) < 4.78 is 0. The molecule has 1 N–H and O–H groups in total. The van der Waals surface area contributed by atoms with E-state index in [-0.39, 0.29) is 18.6 Å². The van der Waals surface area contributed by atoms with Crippen LogP contribution in [0.5, 0.6) is 0 Å². The Balaban J connectivity index is 2.02. The number of rotatable bonds is 5. The third-order valence-corrected chi connectivity index (χ3v) is 5.15. The van der Waals surface area contributed by atoms with Crippen LogP contribution in [0.2, 0.25) is 5.02 Å². The van der Waals surface area contributed by atoms with Gasteiger partial charge in [-0.3, -0.25) is 9.69 Å². The van der Waals surface area contributed by atoms with Crippen LogP contribution in [0.1, 0.15) is 32.8 Å². The average Bonchev–Trinajstić information content (AvgIpc) is 2.56. The van der Waals surface area contributed by atoms with Crippen LogP contribution >= 0.6 is 11.6 Å². The Kier molecular flexibility index (Phi) is 6.06. The van der Waals surface area contributed by atoms with Gasteiger partial charge < -0.3 is 10.0 Å². The number of halogens is 1. The van der Waals surface area contributed by atoms with Crippen LogP contribution in [0.3, 0.4) is 0 Å². The van der Waals surface area contributed by atoms with Crippen molar-refractivity contribution >= 4 is 17.5 Å². The molecule has 1 aromatic carbocycles. The number of benzene rings is 1. The van der Waals surface area contributed by atoms with Gasteiger partial charge in [0.1, 0.15) is 0 Å². The summed E-state index contributed by atoms with van der Waals surface area (Å²) >= 11 is 5.94. The number of hydrogen-bond acceptors (Lipinski definition) is 3. The lowest BCUT2D eigenvalue weighted by Gasteiger charge is -2.41. The topological polar surface area (TPSA) is 43.8 Å². The van der Waals surface area contributed by atoms with E-state index < -0.39 is 5.41 Å². The number of aliphatic hydroxyl groups is 1. The van der Waals surface area contributed by atoms with Crippen molar-refractivity contribution in [1.82, 2.24) is 9.80 Å². The standard InChI is InChI=1S/C18H27ClN2O2/c1-4-16(13-22)20-9-11-21(12-10-20)17(23)18(2,3)14-5-7-15(19)8-6-14/h5-8,16,22H,4,9-13H2,1-3H3. The minimum atomic E-state index is -0.562. The Morgan fingerprint density at radius 1 is 1.22 bits per heavy atom. The van der Waals surface area contributed by atoms with E-state index in [0.29, 0.717) is 18.1 Å². The molecule has 0 spiro atoms. The van der Waals surface area contributed by atoms with E-state index >= 15 is 0 Å². The summed E-state index contributed by atoms with van der Waals surface area (Å²) in [4.78, 5) is 17.2. The fraction of sp³-hybridized carbons (Fsp3) is 0.611. The van der Waals surface area contributed by atoms with Crippen molar-refractivity contribution in [3.05, 3.63) is 34.9 Å². The maximum atomic E-state index is 12.9. The predicted octanol–water partition coefficient (Wildman–Crippen LogP) is 2.53. The second-order valence-corrected chi connectivity index (χ2v) is 7.14. The van der Waals surface area contributed by atoms with Gasteiger partial charge >= 0.3 is 0 Å². The molecule has 1 aliphatic heterocycles. The largest absolute Gasteiger partial charge is 0.395 e. The number of hydrogen-bond donors (Lipinski definition) is 1. The van der Waals surface area contributed by atoms with Crippen molar-refractivity contribution in [2.75, 3.05) is 32.8 Å². The van der Waals surface area contributed by atoms with Crippen molar-refractivity contribution in [3.63, 3.8) is 0 Å². The van der Waals surface area contributed by atoms with Crippen molar-refractivity contribution in [3.8, 4) is 0 Å². The lowest BCUT2D eigenvalue weighted by atomic mass is 9.83. The Morgan fingerprint density at radius 2 is 1.78 bits per heavy atom. The van der Waals surface area contributed by atoms with Crippen LogP contribution in [0.15, 0.2) is 24.3 Å².